The molecular weight excluding hydrogens is 607 g/mol. The largest absolute Gasteiger partial charge is 0.457 e. The van der Waals surface area contributed by atoms with Crippen molar-refractivity contribution in [3.05, 3.63) is 131 Å². The highest BCUT2D eigenvalue weighted by Crippen LogP contribution is 2.38. The van der Waals surface area contributed by atoms with Gasteiger partial charge < -0.3 is 4.74 Å². The fourth-order valence-electron chi connectivity index (χ4n) is 7.42. The minimum Gasteiger partial charge on any atom is -0.457 e. The van der Waals surface area contributed by atoms with E-state index >= 15 is 0 Å². The molecule has 7 aromatic rings. The van der Waals surface area contributed by atoms with Crippen LogP contribution in [0.5, 0.6) is 11.5 Å². The van der Waals surface area contributed by atoms with Crippen molar-refractivity contribution >= 4 is 21.8 Å². The summed E-state index contributed by atoms with van der Waals surface area (Å²) in [5, 5.41) is 7.39. The molecule has 0 aliphatic carbocycles. The number of fused-ring (bicyclic) bond motifs is 3. The van der Waals surface area contributed by atoms with Gasteiger partial charge in [0.1, 0.15) is 23.1 Å². The van der Waals surface area contributed by atoms with Gasteiger partial charge >= 0.3 is 0 Å². The first-order valence-corrected chi connectivity index (χ1v) is 17.5. The Morgan fingerprint density at radius 1 is 0.735 bits per heavy atom. The minimum absolute atomic E-state index is 0.327. The highest BCUT2D eigenvalue weighted by atomic mass is 19.1. The normalized spacial score (nSPS) is 11.6. The number of pyridine rings is 1. The number of nitrogens with zero attached hydrogens (tertiary/aromatic N) is 4. The van der Waals surface area contributed by atoms with E-state index in [1.54, 1.807) is 0 Å². The molecule has 4 aromatic carbocycles. The number of ether oxygens (including phenoxy) is 1. The maximum absolute atomic E-state index is 14.4. The van der Waals surface area contributed by atoms with Crippen LogP contribution in [0.2, 0.25) is 0 Å². The molecule has 0 unspecified atom stereocenters. The number of halogens is 1. The average Bonchev–Trinajstić information content (AvgIpc) is 3.62. The van der Waals surface area contributed by atoms with E-state index in [9.17, 15) is 4.39 Å². The molecule has 7 rings (SSSR count). The molecule has 5 nitrogen and oxygen atoms in total. The van der Waals surface area contributed by atoms with Crippen LogP contribution in [0.3, 0.4) is 0 Å². The Kier molecular flexibility index (Phi) is 8.81. The number of aromatic nitrogens is 4. The summed E-state index contributed by atoms with van der Waals surface area (Å²) >= 11 is 0. The summed E-state index contributed by atoms with van der Waals surface area (Å²) in [5.41, 5.74) is 12.8. The molecule has 0 aliphatic heterocycles. The van der Waals surface area contributed by atoms with Gasteiger partial charge in [-0.05, 0) is 105 Å². The maximum Gasteiger partial charge on any atom is 0.140 e. The summed E-state index contributed by atoms with van der Waals surface area (Å²) in [7, 11) is 0. The molecule has 3 aromatic heterocycles. The lowest BCUT2D eigenvalue weighted by molar-refractivity contribution is 0.482. The van der Waals surface area contributed by atoms with E-state index in [4.69, 9.17) is 9.84 Å². The zero-order valence-electron chi connectivity index (χ0n) is 29.3. The third kappa shape index (κ3) is 6.01. The molecule has 0 N–H and O–H groups in total. The van der Waals surface area contributed by atoms with Gasteiger partial charge in [0, 0.05) is 40.7 Å². The number of benzene rings is 4. The van der Waals surface area contributed by atoms with Crippen LogP contribution >= 0.6 is 0 Å². The van der Waals surface area contributed by atoms with Crippen LogP contribution < -0.4 is 4.74 Å². The second-order valence-electron chi connectivity index (χ2n) is 13.1. The van der Waals surface area contributed by atoms with E-state index in [0.717, 1.165) is 71.0 Å². The Hall–Kier alpha value is -5.23. The Balaban J connectivity index is 1.36. The zero-order chi connectivity index (χ0) is 34.2. The smallest absolute Gasteiger partial charge is 0.140 e. The van der Waals surface area contributed by atoms with Crippen LogP contribution in [0, 0.1) is 26.6 Å². The number of hydrogen-bond donors (Lipinski definition) is 0. The fourth-order valence-corrected chi connectivity index (χ4v) is 7.42. The first-order chi connectivity index (χ1) is 23.8. The molecule has 0 amide bonds. The van der Waals surface area contributed by atoms with Crippen molar-refractivity contribution in [1.82, 2.24) is 19.3 Å². The minimum atomic E-state index is -0.327. The Labute approximate surface area is 288 Å². The molecule has 0 spiro atoms. The number of unbranched alkanes of at least 4 members (excludes halogenated alkanes) is 1. The molecule has 248 valence electrons. The highest BCUT2D eigenvalue weighted by Gasteiger charge is 2.22. The third-order valence-electron chi connectivity index (χ3n) is 9.48. The topological polar surface area (TPSA) is 44.9 Å². The van der Waals surface area contributed by atoms with Crippen molar-refractivity contribution in [2.24, 2.45) is 0 Å². The quantitative estimate of drug-likeness (QED) is 0.148. The van der Waals surface area contributed by atoms with Crippen molar-refractivity contribution in [3.8, 4) is 34.1 Å². The van der Waals surface area contributed by atoms with Crippen LogP contribution in [-0.4, -0.2) is 19.3 Å². The van der Waals surface area contributed by atoms with Crippen LogP contribution in [0.15, 0.2) is 91.1 Å². The highest BCUT2D eigenvalue weighted by molar-refractivity contribution is 6.09. The molecule has 0 bridgehead atoms. The fraction of sp³-hybridized carbons (Fsp3) is 0.256. The van der Waals surface area contributed by atoms with Gasteiger partial charge in [0.05, 0.1) is 28.1 Å². The first kappa shape index (κ1) is 32.3. The molecule has 49 heavy (non-hydrogen) atoms. The number of rotatable bonds is 10. The standard InChI is InChI=1S/C43H43FN4O/c1-7-10-13-30-22-32(48-38(9-3)43(37(8-2)46-48)42-28(5)20-27(4)21-29(42)6)25-34(23-30)49-33-16-17-36-35-14-11-12-15-39(35)47(40(36)26-33)41-24-31(44)18-19-45-41/h11-12,14-26H,7-10,13H2,1-6H3. The summed E-state index contributed by atoms with van der Waals surface area (Å²) in [6.07, 6.45) is 6.34. The average molecular weight is 651 g/mol. The van der Waals surface area contributed by atoms with Crippen LogP contribution in [0.1, 0.15) is 67.3 Å². The third-order valence-corrected chi connectivity index (χ3v) is 9.48. The van der Waals surface area contributed by atoms with Crippen LogP contribution in [-0.2, 0) is 19.3 Å². The molecule has 0 aliphatic rings. The lowest BCUT2D eigenvalue weighted by Gasteiger charge is -2.15. The van der Waals surface area contributed by atoms with Gasteiger partial charge in [-0.15, -0.1) is 0 Å². The van der Waals surface area contributed by atoms with E-state index in [2.05, 4.69) is 93.7 Å². The molecule has 0 saturated heterocycles. The monoisotopic (exact) mass is 650 g/mol. The summed E-state index contributed by atoms with van der Waals surface area (Å²) in [5.74, 6) is 1.66. The number of hydrogen-bond acceptors (Lipinski definition) is 3. The second kappa shape index (κ2) is 13.3. The van der Waals surface area contributed by atoms with Gasteiger partial charge in [-0.2, -0.15) is 5.10 Å². The summed E-state index contributed by atoms with van der Waals surface area (Å²) in [6, 6.07) is 28.2. The van der Waals surface area contributed by atoms with Crippen LogP contribution in [0.4, 0.5) is 4.39 Å². The lowest BCUT2D eigenvalue weighted by Crippen LogP contribution is -2.04. The summed E-state index contributed by atoms with van der Waals surface area (Å²) in [4.78, 5) is 4.52. The Morgan fingerprint density at radius 2 is 1.51 bits per heavy atom. The number of para-hydroxylation sites is 1. The molecule has 0 radical (unpaired) electrons. The van der Waals surface area contributed by atoms with E-state index in [0.29, 0.717) is 11.6 Å². The molecular formula is C43H43FN4O. The Morgan fingerprint density at radius 3 is 2.24 bits per heavy atom. The van der Waals surface area contributed by atoms with Crippen molar-refractivity contribution < 1.29 is 9.13 Å². The van der Waals surface area contributed by atoms with Gasteiger partial charge in [-0.1, -0.05) is 63.1 Å². The van der Waals surface area contributed by atoms with E-state index in [1.807, 2.05) is 34.9 Å². The van der Waals surface area contributed by atoms with Crippen molar-refractivity contribution in [1.29, 1.82) is 0 Å². The molecule has 0 atom stereocenters. The number of aryl methyl sites for hydroxylation is 5. The maximum atomic E-state index is 14.4. The van der Waals surface area contributed by atoms with Crippen LogP contribution in [0.25, 0.3) is 44.4 Å². The van der Waals surface area contributed by atoms with Crippen molar-refractivity contribution in [2.75, 3.05) is 0 Å². The molecule has 0 fully saturated rings. The summed E-state index contributed by atoms with van der Waals surface area (Å²) in [6.45, 7) is 13.2. The lowest BCUT2D eigenvalue weighted by atomic mass is 9.91. The molecule has 3 heterocycles. The van der Waals surface area contributed by atoms with Gasteiger partial charge in [-0.25, -0.2) is 14.1 Å². The van der Waals surface area contributed by atoms with Gasteiger partial charge in [0.25, 0.3) is 0 Å². The predicted octanol–water partition coefficient (Wildman–Crippen LogP) is 11.4. The van der Waals surface area contributed by atoms with Crippen molar-refractivity contribution in [2.45, 2.75) is 73.6 Å². The SMILES string of the molecule is CCCCc1cc(Oc2ccc3c4ccccc4n(-c4cc(F)ccn4)c3c2)cc(-n2nc(CC)c(-c3c(C)cc(C)cc3C)c2CC)c1. The van der Waals surface area contributed by atoms with Gasteiger partial charge in [0.2, 0.25) is 0 Å². The van der Waals surface area contributed by atoms with E-state index in [1.165, 1.54) is 57.4 Å². The van der Waals surface area contributed by atoms with E-state index in [-0.39, 0.29) is 5.82 Å². The molecule has 0 saturated carbocycles. The summed E-state index contributed by atoms with van der Waals surface area (Å²) < 4.78 is 25.3. The predicted molar refractivity (Wildman–Crippen MR) is 199 cm³/mol. The zero-order valence-corrected chi connectivity index (χ0v) is 29.3. The van der Waals surface area contributed by atoms with E-state index < -0.39 is 0 Å². The van der Waals surface area contributed by atoms with Gasteiger partial charge in [-0.3, -0.25) is 4.57 Å². The van der Waals surface area contributed by atoms with Crippen molar-refractivity contribution in [3.63, 3.8) is 0 Å². The molecule has 6 heteroatoms. The van der Waals surface area contributed by atoms with Gasteiger partial charge in [0.15, 0.2) is 0 Å². The first-order valence-electron chi connectivity index (χ1n) is 17.5. The Bertz CT molecular complexity index is 2310. The second-order valence-corrected chi connectivity index (χ2v) is 13.1.